The van der Waals surface area contributed by atoms with Gasteiger partial charge in [0.1, 0.15) is 22.9 Å². The molecule has 3 aromatic carbocycles. The topological polar surface area (TPSA) is 77.4 Å². The van der Waals surface area contributed by atoms with E-state index < -0.39 is 0 Å². The second-order valence-corrected chi connectivity index (χ2v) is 7.83. The Balaban J connectivity index is 1.56. The van der Waals surface area contributed by atoms with E-state index in [0.717, 1.165) is 34.0 Å². The first kappa shape index (κ1) is 21.3. The van der Waals surface area contributed by atoms with Gasteiger partial charge in [-0.2, -0.15) is 5.10 Å². The summed E-state index contributed by atoms with van der Waals surface area (Å²) >= 11 is 0. The number of allylic oxidation sites excluding steroid dienone is 1. The van der Waals surface area contributed by atoms with E-state index in [1.807, 2.05) is 83.5 Å². The molecule has 0 saturated carbocycles. The summed E-state index contributed by atoms with van der Waals surface area (Å²) in [5, 5.41) is 10.9. The van der Waals surface area contributed by atoms with Crippen LogP contribution in [0.4, 0.5) is 11.5 Å². The zero-order valence-electron chi connectivity index (χ0n) is 18.9. The van der Waals surface area contributed by atoms with E-state index in [0.29, 0.717) is 11.4 Å². The van der Waals surface area contributed by atoms with Crippen LogP contribution < -0.4 is 20.1 Å². The Morgan fingerprint density at radius 3 is 2.44 bits per heavy atom. The molecule has 1 aliphatic heterocycles. The summed E-state index contributed by atoms with van der Waals surface area (Å²) in [6.07, 6.45) is 3.69. The number of methoxy groups -OCH3 is 2. The number of hydrogen-bond acceptors (Lipinski definition) is 5. The highest BCUT2D eigenvalue weighted by molar-refractivity contribution is 6.08. The van der Waals surface area contributed by atoms with Crippen molar-refractivity contribution in [2.24, 2.45) is 0 Å². The number of aromatic nitrogens is 2. The molecule has 1 unspecified atom stereocenters. The van der Waals surface area contributed by atoms with E-state index in [1.54, 1.807) is 20.4 Å². The number of benzene rings is 3. The number of fused-ring (bicyclic) bond motifs is 1. The van der Waals surface area contributed by atoms with Gasteiger partial charge in [0.15, 0.2) is 0 Å². The fourth-order valence-corrected chi connectivity index (χ4v) is 3.98. The number of carbonyl (C=O) groups is 1. The summed E-state index contributed by atoms with van der Waals surface area (Å²) in [4.78, 5) is 13.2. The highest BCUT2D eigenvalue weighted by atomic mass is 16.5. The van der Waals surface area contributed by atoms with E-state index in [-0.39, 0.29) is 11.9 Å². The number of para-hydroxylation sites is 1. The van der Waals surface area contributed by atoms with Crippen molar-refractivity contribution in [2.45, 2.75) is 6.04 Å². The Hall–Kier alpha value is -4.52. The van der Waals surface area contributed by atoms with Gasteiger partial charge < -0.3 is 20.1 Å². The highest BCUT2D eigenvalue weighted by Gasteiger charge is 2.28. The van der Waals surface area contributed by atoms with E-state index >= 15 is 0 Å². The number of rotatable bonds is 6. The molecule has 0 aliphatic carbocycles. The van der Waals surface area contributed by atoms with Crippen molar-refractivity contribution in [3.63, 3.8) is 0 Å². The first-order chi connectivity index (χ1) is 16.7. The average Bonchev–Trinajstić information content (AvgIpc) is 3.33. The molecule has 0 saturated heterocycles. The lowest BCUT2D eigenvalue weighted by molar-refractivity contribution is 0.102. The van der Waals surface area contributed by atoms with E-state index in [4.69, 9.17) is 9.47 Å². The van der Waals surface area contributed by atoms with Gasteiger partial charge in [-0.05, 0) is 48.0 Å². The number of nitrogens with zero attached hydrogens (tertiary/aromatic N) is 2. The van der Waals surface area contributed by atoms with Gasteiger partial charge in [-0.1, -0.05) is 42.5 Å². The lowest BCUT2D eigenvalue weighted by Gasteiger charge is -2.26. The molecule has 7 nitrogen and oxygen atoms in total. The van der Waals surface area contributed by atoms with Crippen LogP contribution in [0.2, 0.25) is 0 Å². The van der Waals surface area contributed by atoms with Crippen LogP contribution in [0.25, 0.3) is 5.70 Å². The molecular formula is C27H24N4O3. The van der Waals surface area contributed by atoms with Gasteiger partial charge in [0.05, 0.1) is 26.5 Å². The zero-order valence-corrected chi connectivity index (χ0v) is 18.9. The summed E-state index contributed by atoms with van der Waals surface area (Å²) in [5.41, 5.74) is 4.00. The van der Waals surface area contributed by atoms with Crippen LogP contribution in [0.15, 0.2) is 91.1 Å². The Morgan fingerprint density at radius 2 is 1.71 bits per heavy atom. The van der Waals surface area contributed by atoms with Crippen LogP contribution >= 0.6 is 0 Å². The van der Waals surface area contributed by atoms with Crippen molar-refractivity contribution in [3.05, 3.63) is 108 Å². The summed E-state index contributed by atoms with van der Waals surface area (Å²) in [6.45, 7) is 0. The molecule has 7 heteroatoms. The Labute approximate surface area is 197 Å². The molecule has 34 heavy (non-hydrogen) atoms. The predicted octanol–water partition coefficient (Wildman–Crippen LogP) is 5.21. The molecule has 1 aromatic heterocycles. The van der Waals surface area contributed by atoms with Gasteiger partial charge in [-0.3, -0.25) is 4.79 Å². The van der Waals surface area contributed by atoms with Crippen molar-refractivity contribution >= 4 is 23.1 Å². The smallest absolute Gasteiger partial charge is 0.261 e. The fourth-order valence-electron chi connectivity index (χ4n) is 3.98. The monoisotopic (exact) mass is 452 g/mol. The summed E-state index contributed by atoms with van der Waals surface area (Å²) in [5.74, 6) is 1.91. The van der Waals surface area contributed by atoms with Crippen molar-refractivity contribution in [1.82, 2.24) is 9.78 Å². The van der Waals surface area contributed by atoms with Crippen molar-refractivity contribution in [1.29, 1.82) is 0 Å². The molecular weight excluding hydrogens is 428 g/mol. The molecule has 1 aliphatic rings. The number of ether oxygens (including phenoxy) is 2. The average molecular weight is 453 g/mol. The van der Waals surface area contributed by atoms with E-state index in [9.17, 15) is 4.79 Å². The van der Waals surface area contributed by atoms with Crippen LogP contribution in [0, 0.1) is 0 Å². The fraction of sp³-hybridized carbons (Fsp3) is 0.111. The van der Waals surface area contributed by atoms with Gasteiger partial charge in [0, 0.05) is 16.9 Å². The maximum atomic E-state index is 13.2. The lowest BCUT2D eigenvalue weighted by Crippen LogP contribution is -2.22. The second kappa shape index (κ2) is 9.15. The van der Waals surface area contributed by atoms with Gasteiger partial charge in [-0.25, -0.2) is 4.68 Å². The third-order valence-corrected chi connectivity index (χ3v) is 5.75. The molecule has 1 atom stereocenters. The highest BCUT2D eigenvalue weighted by Crippen LogP contribution is 2.36. The number of nitrogens with one attached hydrogen (secondary N) is 2. The van der Waals surface area contributed by atoms with E-state index in [1.165, 1.54) is 0 Å². The van der Waals surface area contributed by atoms with Crippen LogP contribution in [0.1, 0.15) is 27.5 Å². The predicted molar refractivity (Wildman–Crippen MR) is 132 cm³/mol. The van der Waals surface area contributed by atoms with Crippen molar-refractivity contribution in [3.8, 4) is 11.5 Å². The number of carbonyl (C=O) groups excluding carboxylic acids is 1. The molecule has 1 amide bonds. The minimum atomic E-state index is -0.236. The summed E-state index contributed by atoms with van der Waals surface area (Å²) in [7, 11) is 3.28. The molecule has 170 valence electrons. The minimum Gasteiger partial charge on any atom is -0.497 e. The van der Waals surface area contributed by atoms with Crippen molar-refractivity contribution in [2.75, 3.05) is 24.9 Å². The van der Waals surface area contributed by atoms with Crippen LogP contribution in [-0.4, -0.2) is 29.9 Å². The number of amides is 1. The first-order valence-electron chi connectivity index (χ1n) is 10.9. The standard InChI is InChI=1S/C27H24N4O3/c1-33-21-13-11-18(12-14-21)25-16-24(19-7-6-10-22(15-19)34-2)30-26-23(17-28-31(25)26)27(32)29-20-8-4-3-5-9-20/h3-17,25,30H,1-2H3,(H,29,32). The number of anilines is 2. The second-order valence-electron chi connectivity index (χ2n) is 7.83. The quantitative estimate of drug-likeness (QED) is 0.420. The number of hydrogen-bond donors (Lipinski definition) is 2. The van der Waals surface area contributed by atoms with E-state index in [2.05, 4.69) is 21.8 Å². The summed E-state index contributed by atoms with van der Waals surface area (Å²) < 4.78 is 12.6. The molecule has 0 bridgehead atoms. The van der Waals surface area contributed by atoms with Crippen LogP contribution in [0.3, 0.4) is 0 Å². The molecule has 0 radical (unpaired) electrons. The molecule has 2 N–H and O–H groups in total. The molecule has 4 aromatic rings. The van der Waals surface area contributed by atoms with Crippen LogP contribution in [0.5, 0.6) is 11.5 Å². The maximum absolute atomic E-state index is 13.2. The normalized spacial score (nSPS) is 14.4. The molecule has 0 fully saturated rings. The zero-order chi connectivity index (χ0) is 23.5. The van der Waals surface area contributed by atoms with Crippen molar-refractivity contribution < 1.29 is 14.3 Å². The SMILES string of the molecule is COc1ccc(C2C=C(c3cccc(OC)c3)Nc3c(C(=O)Nc4ccccc4)cnn32)cc1. The van der Waals surface area contributed by atoms with Gasteiger partial charge >= 0.3 is 0 Å². The lowest BCUT2D eigenvalue weighted by atomic mass is 10.0. The first-order valence-corrected chi connectivity index (χ1v) is 10.9. The third kappa shape index (κ3) is 4.11. The third-order valence-electron chi connectivity index (χ3n) is 5.75. The Kier molecular flexibility index (Phi) is 5.74. The van der Waals surface area contributed by atoms with Gasteiger partial charge in [0.25, 0.3) is 5.91 Å². The van der Waals surface area contributed by atoms with Gasteiger partial charge in [-0.15, -0.1) is 0 Å². The summed E-state index contributed by atoms with van der Waals surface area (Å²) in [6, 6.07) is 24.8. The molecule has 2 heterocycles. The maximum Gasteiger partial charge on any atom is 0.261 e. The molecule has 5 rings (SSSR count). The Morgan fingerprint density at radius 1 is 0.941 bits per heavy atom. The van der Waals surface area contributed by atoms with Crippen LogP contribution in [-0.2, 0) is 0 Å². The Bertz CT molecular complexity index is 1340. The molecule has 0 spiro atoms. The largest absolute Gasteiger partial charge is 0.497 e. The van der Waals surface area contributed by atoms with Gasteiger partial charge in [0.2, 0.25) is 0 Å². The minimum absolute atomic E-state index is 0.221.